The van der Waals surface area contributed by atoms with E-state index in [9.17, 15) is 10.1 Å². The molecule has 6 nitrogen and oxygen atoms in total. The molecule has 0 aliphatic heterocycles. The first-order chi connectivity index (χ1) is 9.51. The summed E-state index contributed by atoms with van der Waals surface area (Å²) < 4.78 is 0.850. The Labute approximate surface area is 121 Å². The second-order valence-corrected chi connectivity index (χ2v) is 6.11. The molecule has 1 aromatic carbocycles. The minimum Gasteiger partial charge on any atom is -0.379 e. The molecule has 7 heteroatoms. The van der Waals surface area contributed by atoms with Gasteiger partial charge in [0.15, 0.2) is 0 Å². The number of hydrogen-bond acceptors (Lipinski definition) is 6. The molecule has 2 aromatic rings. The molecule has 0 fully saturated rings. The molecule has 0 radical (unpaired) electrons. The Hall–Kier alpha value is -1.73. The van der Waals surface area contributed by atoms with E-state index in [2.05, 4.69) is 22.5 Å². The van der Waals surface area contributed by atoms with Crippen LogP contribution in [0.5, 0.6) is 0 Å². The predicted molar refractivity (Wildman–Crippen MR) is 82.6 cm³/mol. The largest absolute Gasteiger partial charge is 0.379 e. The summed E-state index contributed by atoms with van der Waals surface area (Å²) in [5, 5.41) is 18.3. The topological polar surface area (TPSA) is 80.1 Å². The summed E-state index contributed by atoms with van der Waals surface area (Å²) in [7, 11) is 1.89. The van der Waals surface area contributed by atoms with Crippen LogP contribution in [0.25, 0.3) is 10.2 Å². The van der Waals surface area contributed by atoms with Crippen LogP contribution in [-0.4, -0.2) is 30.0 Å². The van der Waals surface area contributed by atoms with Gasteiger partial charge in [0.05, 0.1) is 20.1 Å². The van der Waals surface area contributed by atoms with Gasteiger partial charge in [0.25, 0.3) is 5.69 Å². The van der Waals surface area contributed by atoms with Crippen molar-refractivity contribution in [2.24, 2.45) is 5.92 Å². The van der Waals surface area contributed by atoms with Crippen molar-refractivity contribution in [3.63, 3.8) is 0 Å². The first-order valence-electron chi connectivity index (χ1n) is 6.45. The van der Waals surface area contributed by atoms with Gasteiger partial charge in [0.2, 0.25) is 0 Å². The van der Waals surface area contributed by atoms with Crippen molar-refractivity contribution in [1.82, 2.24) is 10.3 Å². The molecule has 2 N–H and O–H groups in total. The first-order valence-corrected chi connectivity index (χ1v) is 7.27. The number of thiazole rings is 1. The zero-order valence-electron chi connectivity index (χ0n) is 11.8. The molecule has 20 heavy (non-hydrogen) atoms. The third-order valence-corrected chi connectivity index (χ3v) is 3.94. The molecule has 1 aromatic heterocycles. The third kappa shape index (κ3) is 3.23. The Morgan fingerprint density at radius 1 is 1.45 bits per heavy atom. The summed E-state index contributed by atoms with van der Waals surface area (Å²) in [5.74, 6) is 0.382. The highest BCUT2D eigenvalue weighted by atomic mass is 32.1. The molecule has 1 atom stereocenters. The van der Waals surface area contributed by atoms with Crippen molar-refractivity contribution in [3.05, 3.63) is 27.3 Å². The number of aryl methyl sites for hydroxylation is 1. The highest BCUT2D eigenvalue weighted by Crippen LogP contribution is 2.32. The van der Waals surface area contributed by atoms with Crippen molar-refractivity contribution in [2.45, 2.75) is 13.8 Å². The maximum absolute atomic E-state index is 11.2. The van der Waals surface area contributed by atoms with Crippen LogP contribution < -0.4 is 10.6 Å². The number of hydrogen-bond donors (Lipinski definition) is 2. The van der Waals surface area contributed by atoms with Crippen LogP contribution in [-0.2, 0) is 0 Å². The molecule has 0 aliphatic carbocycles. The number of nitrogens with zero attached hydrogens (tertiary/aromatic N) is 2. The quantitative estimate of drug-likeness (QED) is 0.632. The van der Waals surface area contributed by atoms with Crippen LogP contribution in [0.1, 0.15) is 11.9 Å². The van der Waals surface area contributed by atoms with Gasteiger partial charge in [-0.1, -0.05) is 6.92 Å². The highest BCUT2D eigenvalue weighted by molar-refractivity contribution is 7.18. The van der Waals surface area contributed by atoms with E-state index >= 15 is 0 Å². The second kappa shape index (κ2) is 6.15. The van der Waals surface area contributed by atoms with E-state index in [1.165, 1.54) is 11.3 Å². The van der Waals surface area contributed by atoms with Gasteiger partial charge in [-0.15, -0.1) is 11.3 Å². The summed E-state index contributed by atoms with van der Waals surface area (Å²) in [6.45, 7) is 5.52. The number of nitrogens with one attached hydrogen (secondary N) is 2. The van der Waals surface area contributed by atoms with Gasteiger partial charge in [-0.2, -0.15) is 0 Å². The summed E-state index contributed by atoms with van der Waals surface area (Å²) >= 11 is 1.47. The molecule has 0 saturated carbocycles. The molecule has 1 heterocycles. The highest BCUT2D eigenvalue weighted by Gasteiger charge is 2.17. The number of fused-ring (bicyclic) bond motifs is 1. The molecule has 0 spiro atoms. The molecular formula is C13H18N4O2S. The van der Waals surface area contributed by atoms with E-state index in [1.807, 2.05) is 14.0 Å². The lowest BCUT2D eigenvalue weighted by Gasteiger charge is -2.13. The number of aromatic nitrogens is 1. The number of benzene rings is 1. The molecule has 0 aliphatic rings. The van der Waals surface area contributed by atoms with Gasteiger partial charge < -0.3 is 10.6 Å². The lowest BCUT2D eigenvalue weighted by molar-refractivity contribution is -0.383. The van der Waals surface area contributed by atoms with Crippen molar-refractivity contribution in [2.75, 3.05) is 25.5 Å². The van der Waals surface area contributed by atoms with E-state index in [-0.39, 0.29) is 10.6 Å². The number of anilines is 1. The summed E-state index contributed by atoms with van der Waals surface area (Å²) in [5.41, 5.74) is 1.45. The average Bonchev–Trinajstić information content (AvgIpc) is 2.74. The predicted octanol–water partition coefficient (Wildman–Crippen LogP) is 2.78. The van der Waals surface area contributed by atoms with E-state index in [1.54, 1.807) is 12.1 Å². The minimum absolute atomic E-state index is 0.109. The SMILES string of the molecule is CNCC(C)CNc1cc2nc(C)sc2cc1[N+](=O)[O-]. The molecule has 2 rings (SSSR count). The molecule has 1 unspecified atom stereocenters. The zero-order chi connectivity index (χ0) is 14.7. The van der Waals surface area contributed by atoms with E-state index < -0.39 is 0 Å². The van der Waals surface area contributed by atoms with Gasteiger partial charge in [-0.05, 0) is 32.5 Å². The molecule has 108 valence electrons. The van der Waals surface area contributed by atoms with Crippen LogP contribution >= 0.6 is 11.3 Å². The molecule has 0 bridgehead atoms. The van der Waals surface area contributed by atoms with Gasteiger partial charge in [0.1, 0.15) is 5.69 Å². The first kappa shape index (κ1) is 14.7. The van der Waals surface area contributed by atoms with E-state index in [4.69, 9.17) is 0 Å². The van der Waals surface area contributed by atoms with Crippen LogP contribution in [0.3, 0.4) is 0 Å². The van der Waals surface area contributed by atoms with Crippen LogP contribution in [0.4, 0.5) is 11.4 Å². The van der Waals surface area contributed by atoms with Crippen molar-refractivity contribution in [1.29, 1.82) is 0 Å². The lowest BCUT2D eigenvalue weighted by atomic mass is 10.1. The zero-order valence-corrected chi connectivity index (χ0v) is 12.6. The Bertz CT molecular complexity index is 626. The minimum atomic E-state index is -0.348. The normalized spacial score (nSPS) is 12.6. The van der Waals surface area contributed by atoms with Gasteiger partial charge in [-0.3, -0.25) is 10.1 Å². The summed E-state index contributed by atoms with van der Waals surface area (Å²) in [6.07, 6.45) is 0. The summed E-state index contributed by atoms with van der Waals surface area (Å²) in [4.78, 5) is 15.2. The molecular weight excluding hydrogens is 276 g/mol. The van der Waals surface area contributed by atoms with Crippen molar-refractivity contribution in [3.8, 4) is 0 Å². The van der Waals surface area contributed by atoms with Crippen molar-refractivity contribution >= 4 is 32.9 Å². The summed E-state index contributed by atoms with van der Waals surface area (Å²) in [6, 6.07) is 3.37. The van der Waals surface area contributed by atoms with Crippen LogP contribution in [0.2, 0.25) is 0 Å². The second-order valence-electron chi connectivity index (χ2n) is 4.87. The fraction of sp³-hybridized carbons (Fsp3) is 0.462. The average molecular weight is 294 g/mol. The van der Waals surface area contributed by atoms with E-state index in [0.717, 1.165) is 21.8 Å². The Kier molecular flexibility index (Phi) is 4.51. The van der Waals surface area contributed by atoms with E-state index in [0.29, 0.717) is 18.2 Å². The maximum Gasteiger partial charge on any atom is 0.293 e. The van der Waals surface area contributed by atoms with Gasteiger partial charge >= 0.3 is 0 Å². The van der Waals surface area contributed by atoms with Gasteiger partial charge in [0, 0.05) is 12.6 Å². The monoisotopic (exact) mass is 294 g/mol. The Morgan fingerprint density at radius 3 is 2.85 bits per heavy atom. The van der Waals surface area contributed by atoms with Crippen molar-refractivity contribution < 1.29 is 4.92 Å². The smallest absolute Gasteiger partial charge is 0.293 e. The third-order valence-electron chi connectivity index (χ3n) is 3.00. The fourth-order valence-electron chi connectivity index (χ4n) is 2.08. The Morgan fingerprint density at radius 2 is 2.20 bits per heavy atom. The Balaban J connectivity index is 2.29. The van der Waals surface area contributed by atoms with Crippen LogP contribution in [0.15, 0.2) is 12.1 Å². The number of nitro benzene ring substituents is 1. The molecule has 0 amide bonds. The maximum atomic E-state index is 11.2. The van der Waals surface area contributed by atoms with Gasteiger partial charge in [-0.25, -0.2) is 4.98 Å². The van der Waals surface area contributed by atoms with Crippen LogP contribution in [0, 0.1) is 23.0 Å². The fourth-order valence-corrected chi connectivity index (χ4v) is 2.92. The lowest BCUT2D eigenvalue weighted by Crippen LogP contribution is -2.23. The number of rotatable bonds is 6. The number of nitro groups is 1. The standard InChI is InChI=1S/C13H18N4O2S/c1-8(6-14-3)7-15-10-4-11-13(20-9(2)16-11)5-12(10)17(18)19/h4-5,8,14-15H,6-7H2,1-3H3. The molecule has 0 saturated heterocycles.